The van der Waals surface area contributed by atoms with Crippen LogP contribution in [0.3, 0.4) is 0 Å². The molecule has 136 valence electrons. The van der Waals surface area contributed by atoms with Gasteiger partial charge in [-0.2, -0.15) is 0 Å². The molecule has 2 aromatic carbocycles. The summed E-state index contributed by atoms with van der Waals surface area (Å²) in [6.45, 7) is 2.12. The lowest BCUT2D eigenvalue weighted by molar-refractivity contribution is 0.0938. The van der Waals surface area contributed by atoms with E-state index in [2.05, 4.69) is 34.9 Å². The van der Waals surface area contributed by atoms with Crippen molar-refractivity contribution in [2.45, 2.75) is 31.7 Å². The maximum Gasteiger partial charge on any atom is 0.251 e. The molecule has 0 aromatic heterocycles. The largest absolute Gasteiger partial charge is 0.496 e. The first-order chi connectivity index (χ1) is 12.7. The minimum atomic E-state index is 0.0104. The summed E-state index contributed by atoms with van der Waals surface area (Å²) in [6.07, 6.45) is 3.96. The van der Waals surface area contributed by atoms with Gasteiger partial charge in [0.15, 0.2) is 0 Å². The SMILES string of the molecule is COc1ccc(C(=O)NC2Cc3ccccc3C2)cc1CC1CCNC1. The Morgan fingerprint density at radius 2 is 1.96 bits per heavy atom. The summed E-state index contributed by atoms with van der Waals surface area (Å²) < 4.78 is 5.51. The fraction of sp³-hybridized carbons (Fsp3) is 0.409. The van der Waals surface area contributed by atoms with Crippen LogP contribution >= 0.6 is 0 Å². The number of nitrogens with one attached hydrogen (secondary N) is 2. The molecule has 1 saturated heterocycles. The van der Waals surface area contributed by atoms with Gasteiger partial charge in [-0.1, -0.05) is 24.3 Å². The average molecular weight is 350 g/mol. The van der Waals surface area contributed by atoms with Crippen molar-refractivity contribution in [3.63, 3.8) is 0 Å². The van der Waals surface area contributed by atoms with Crippen molar-refractivity contribution < 1.29 is 9.53 Å². The Bertz CT molecular complexity index is 771. The smallest absolute Gasteiger partial charge is 0.251 e. The molecule has 1 amide bonds. The highest BCUT2D eigenvalue weighted by atomic mass is 16.5. The molecule has 4 nitrogen and oxygen atoms in total. The molecule has 1 aliphatic heterocycles. The maximum absolute atomic E-state index is 12.8. The van der Waals surface area contributed by atoms with Crippen LogP contribution in [0.2, 0.25) is 0 Å². The van der Waals surface area contributed by atoms with Crippen molar-refractivity contribution in [3.05, 3.63) is 64.7 Å². The predicted octanol–water partition coefficient (Wildman–Crippen LogP) is 2.74. The number of ether oxygens (including phenoxy) is 1. The summed E-state index contributed by atoms with van der Waals surface area (Å²) in [4.78, 5) is 12.8. The van der Waals surface area contributed by atoms with E-state index in [9.17, 15) is 4.79 Å². The number of hydrogen-bond acceptors (Lipinski definition) is 3. The monoisotopic (exact) mass is 350 g/mol. The third-order valence-electron chi connectivity index (χ3n) is 5.60. The van der Waals surface area contributed by atoms with Gasteiger partial charge < -0.3 is 15.4 Å². The molecule has 1 unspecified atom stereocenters. The van der Waals surface area contributed by atoms with Crippen LogP contribution in [0.25, 0.3) is 0 Å². The molecule has 4 heteroatoms. The van der Waals surface area contributed by atoms with Crippen molar-refractivity contribution in [1.29, 1.82) is 0 Å². The van der Waals surface area contributed by atoms with Gasteiger partial charge >= 0.3 is 0 Å². The summed E-state index contributed by atoms with van der Waals surface area (Å²) >= 11 is 0. The Morgan fingerprint density at radius 3 is 2.62 bits per heavy atom. The summed E-state index contributed by atoms with van der Waals surface area (Å²) in [5.74, 6) is 1.50. The van der Waals surface area contributed by atoms with Crippen molar-refractivity contribution in [2.24, 2.45) is 5.92 Å². The molecular formula is C22H26N2O2. The first-order valence-corrected chi connectivity index (χ1v) is 9.48. The number of benzene rings is 2. The predicted molar refractivity (Wildman–Crippen MR) is 103 cm³/mol. The van der Waals surface area contributed by atoms with Gasteiger partial charge in [-0.3, -0.25) is 4.79 Å². The van der Waals surface area contributed by atoms with E-state index in [1.165, 1.54) is 17.5 Å². The third-order valence-corrected chi connectivity index (χ3v) is 5.60. The van der Waals surface area contributed by atoms with E-state index < -0.39 is 0 Å². The summed E-state index contributed by atoms with van der Waals surface area (Å²) in [6, 6.07) is 14.4. The first kappa shape index (κ1) is 17.1. The van der Waals surface area contributed by atoms with E-state index in [-0.39, 0.29) is 11.9 Å². The van der Waals surface area contributed by atoms with Crippen LogP contribution in [-0.4, -0.2) is 32.1 Å². The summed E-state index contributed by atoms with van der Waals surface area (Å²) in [5, 5.41) is 6.61. The Balaban J connectivity index is 1.46. The quantitative estimate of drug-likeness (QED) is 0.872. The Hall–Kier alpha value is -2.33. The first-order valence-electron chi connectivity index (χ1n) is 9.48. The minimum absolute atomic E-state index is 0.0104. The highest BCUT2D eigenvalue weighted by molar-refractivity contribution is 5.94. The van der Waals surface area contributed by atoms with Crippen LogP contribution in [0.5, 0.6) is 5.75 Å². The van der Waals surface area contributed by atoms with Crippen LogP contribution in [0, 0.1) is 5.92 Å². The Kier molecular flexibility index (Phi) is 4.93. The molecule has 4 rings (SSSR count). The minimum Gasteiger partial charge on any atom is -0.496 e. The zero-order chi connectivity index (χ0) is 17.9. The molecule has 0 radical (unpaired) electrons. The zero-order valence-corrected chi connectivity index (χ0v) is 15.3. The molecule has 1 fully saturated rings. The molecule has 1 heterocycles. The van der Waals surface area contributed by atoms with Gasteiger partial charge in [-0.15, -0.1) is 0 Å². The van der Waals surface area contributed by atoms with E-state index in [0.717, 1.165) is 49.2 Å². The van der Waals surface area contributed by atoms with Gasteiger partial charge in [0.05, 0.1) is 7.11 Å². The van der Waals surface area contributed by atoms with Crippen molar-refractivity contribution in [1.82, 2.24) is 10.6 Å². The van der Waals surface area contributed by atoms with Crippen LogP contribution < -0.4 is 15.4 Å². The molecule has 0 saturated carbocycles. The maximum atomic E-state index is 12.8. The Labute approximate surface area is 155 Å². The van der Waals surface area contributed by atoms with Crippen LogP contribution in [0.1, 0.15) is 33.5 Å². The second kappa shape index (κ2) is 7.50. The molecular weight excluding hydrogens is 324 g/mol. The normalized spacial score (nSPS) is 19.3. The average Bonchev–Trinajstić information content (AvgIpc) is 3.30. The second-order valence-corrected chi connectivity index (χ2v) is 7.44. The van der Waals surface area contributed by atoms with E-state index >= 15 is 0 Å². The van der Waals surface area contributed by atoms with Gasteiger partial charge in [-0.25, -0.2) is 0 Å². The lowest BCUT2D eigenvalue weighted by atomic mass is 9.96. The van der Waals surface area contributed by atoms with Gasteiger partial charge in [0, 0.05) is 11.6 Å². The van der Waals surface area contributed by atoms with Crippen molar-refractivity contribution in [3.8, 4) is 5.75 Å². The third kappa shape index (κ3) is 3.61. The van der Waals surface area contributed by atoms with Crippen LogP contribution in [0.15, 0.2) is 42.5 Å². The fourth-order valence-corrected chi connectivity index (χ4v) is 4.21. The molecule has 0 bridgehead atoms. The zero-order valence-electron chi connectivity index (χ0n) is 15.3. The number of rotatable bonds is 5. The van der Waals surface area contributed by atoms with E-state index in [4.69, 9.17) is 4.74 Å². The lowest BCUT2D eigenvalue weighted by Gasteiger charge is -2.16. The van der Waals surface area contributed by atoms with Gasteiger partial charge in [0.25, 0.3) is 5.91 Å². The number of hydrogen-bond donors (Lipinski definition) is 2. The van der Waals surface area contributed by atoms with Crippen molar-refractivity contribution in [2.75, 3.05) is 20.2 Å². The number of carbonyl (C=O) groups excluding carboxylic acids is 1. The van der Waals surface area contributed by atoms with Gasteiger partial charge in [0.1, 0.15) is 5.75 Å². The molecule has 26 heavy (non-hydrogen) atoms. The fourth-order valence-electron chi connectivity index (χ4n) is 4.21. The number of carbonyl (C=O) groups is 1. The summed E-state index contributed by atoms with van der Waals surface area (Å²) in [7, 11) is 1.70. The van der Waals surface area contributed by atoms with E-state index in [0.29, 0.717) is 5.92 Å². The number of methoxy groups -OCH3 is 1. The summed E-state index contributed by atoms with van der Waals surface area (Å²) in [5.41, 5.74) is 4.55. The molecule has 2 aliphatic rings. The van der Waals surface area contributed by atoms with Crippen LogP contribution in [0.4, 0.5) is 0 Å². The molecule has 1 aliphatic carbocycles. The van der Waals surface area contributed by atoms with Crippen molar-refractivity contribution >= 4 is 5.91 Å². The standard InChI is InChI=1S/C22H26N2O2/c1-26-21-7-6-18(11-19(21)10-15-8-9-23-14-15)22(25)24-20-12-16-4-2-3-5-17(16)13-20/h2-7,11,15,20,23H,8-10,12-14H2,1H3,(H,24,25). The highest BCUT2D eigenvalue weighted by Gasteiger charge is 2.23. The van der Waals surface area contributed by atoms with E-state index in [1.54, 1.807) is 7.11 Å². The van der Waals surface area contributed by atoms with E-state index in [1.807, 2.05) is 18.2 Å². The van der Waals surface area contributed by atoms with Gasteiger partial charge in [0.2, 0.25) is 0 Å². The topological polar surface area (TPSA) is 50.4 Å². The molecule has 0 spiro atoms. The number of fused-ring (bicyclic) bond motifs is 1. The lowest BCUT2D eigenvalue weighted by Crippen LogP contribution is -2.35. The highest BCUT2D eigenvalue weighted by Crippen LogP contribution is 2.26. The second-order valence-electron chi connectivity index (χ2n) is 7.44. The number of amides is 1. The van der Waals surface area contributed by atoms with Crippen LogP contribution in [-0.2, 0) is 19.3 Å². The molecule has 1 atom stereocenters. The molecule has 2 N–H and O–H groups in total. The molecule has 2 aromatic rings. The Morgan fingerprint density at radius 1 is 1.19 bits per heavy atom. The van der Waals surface area contributed by atoms with Gasteiger partial charge in [-0.05, 0) is 79.6 Å².